The molecule has 2 heterocycles. The van der Waals surface area contributed by atoms with Crippen LogP contribution in [0, 0.1) is 13.8 Å². The van der Waals surface area contributed by atoms with Crippen LogP contribution in [0.15, 0.2) is 41.7 Å². The third kappa shape index (κ3) is 3.91. The van der Waals surface area contributed by atoms with E-state index in [2.05, 4.69) is 15.3 Å². The highest BCUT2D eigenvalue weighted by atomic mass is 32.2. The Morgan fingerprint density at radius 3 is 2.58 bits per heavy atom. The largest absolute Gasteiger partial charge is 0.348 e. The van der Waals surface area contributed by atoms with Gasteiger partial charge in [-0.2, -0.15) is 4.31 Å². The zero-order valence-corrected chi connectivity index (χ0v) is 15.7. The summed E-state index contributed by atoms with van der Waals surface area (Å²) in [5.41, 5.74) is 1.92. The number of hydrogen-bond acceptors (Lipinski definition) is 5. The van der Waals surface area contributed by atoms with Gasteiger partial charge in [0.25, 0.3) is 5.91 Å². The number of benzene rings is 1. The smallest absolute Gasteiger partial charge is 0.271 e. The number of amides is 1. The van der Waals surface area contributed by atoms with Gasteiger partial charge in [-0.1, -0.05) is 12.1 Å². The van der Waals surface area contributed by atoms with Crippen LogP contribution in [-0.4, -0.2) is 47.7 Å². The van der Waals surface area contributed by atoms with E-state index in [0.29, 0.717) is 30.8 Å². The van der Waals surface area contributed by atoms with Gasteiger partial charge in [-0.15, -0.1) is 0 Å². The highest BCUT2D eigenvalue weighted by Crippen LogP contribution is 2.24. The minimum absolute atomic E-state index is 0.0745. The summed E-state index contributed by atoms with van der Waals surface area (Å²) in [6.07, 6.45) is 5.52. The number of sulfonamides is 1. The maximum absolute atomic E-state index is 12.9. The van der Waals surface area contributed by atoms with Crippen molar-refractivity contribution in [1.29, 1.82) is 0 Å². The molecule has 2 aromatic rings. The van der Waals surface area contributed by atoms with Gasteiger partial charge in [0.15, 0.2) is 0 Å². The van der Waals surface area contributed by atoms with E-state index in [4.69, 9.17) is 0 Å². The molecule has 7 nitrogen and oxygen atoms in total. The van der Waals surface area contributed by atoms with Crippen LogP contribution in [0.4, 0.5) is 0 Å². The second-order valence-corrected chi connectivity index (χ2v) is 8.42. The van der Waals surface area contributed by atoms with Crippen LogP contribution in [0.25, 0.3) is 0 Å². The van der Waals surface area contributed by atoms with Gasteiger partial charge in [0, 0.05) is 31.5 Å². The SMILES string of the molecule is Cc1ccc(C)c(S(=O)(=O)N2CCC(NC(=O)c3cnccn3)CC2)c1. The van der Waals surface area contributed by atoms with Crippen molar-refractivity contribution in [2.75, 3.05) is 13.1 Å². The summed E-state index contributed by atoms with van der Waals surface area (Å²) in [6, 6.07) is 5.38. The number of piperidine rings is 1. The molecule has 1 saturated heterocycles. The molecule has 0 spiro atoms. The summed E-state index contributed by atoms with van der Waals surface area (Å²) >= 11 is 0. The Balaban J connectivity index is 1.65. The molecule has 1 aliphatic rings. The van der Waals surface area contributed by atoms with Gasteiger partial charge in [0.05, 0.1) is 11.1 Å². The molecule has 8 heteroatoms. The predicted octanol–water partition coefficient (Wildman–Crippen LogP) is 1.68. The van der Waals surface area contributed by atoms with Crippen LogP contribution in [0.2, 0.25) is 0 Å². The molecular formula is C18H22N4O3S. The van der Waals surface area contributed by atoms with Crippen molar-refractivity contribution in [2.45, 2.75) is 37.6 Å². The van der Waals surface area contributed by atoms with E-state index < -0.39 is 10.0 Å². The van der Waals surface area contributed by atoms with Gasteiger partial charge in [-0.3, -0.25) is 9.78 Å². The Hall–Kier alpha value is -2.32. The van der Waals surface area contributed by atoms with E-state index in [1.807, 2.05) is 19.1 Å². The van der Waals surface area contributed by atoms with Crippen LogP contribution in [0.3, 0.4) is 0 Å². The Bertz CT molecular complexity index is 892. The first-order valence-electron chi connectivity index (χ1n) is 8.52. The number of rotatable bonds is 4. The number of hydrogen-bond donors (Lipinski definition) is 1. The van der Waals surface area contributed by atoms with E-state index in [1.165, 1.54) is 22.9 Å². The quantitative estimate of drug-likeness (QED) is 0.879. The zero-order chi connectivity index (χ0) is 18.7. The number of aromatic nitrogens is 2. The van der Waals surface area contributed by atoms with Crippen LogP contribution in [0.5, 0.6) is 0 Å². The highest BCUT2D eigenvalue weighted by molar-refractivity contribution is 7.89. The van der Waals surface area contributed by atoms with E-state index in [9.17, 15) is 13.2 Å². The standard InChI is InChI=1S/C18H22N4O3S/c1-13-3-4-14(2)17(11-13)26(24,25)22-9-5-15(6-10-22)21-18(23)16-12-19-7-8-20-16/h3-4,7-8,11-12,15H,5-6,9-10H2,1-2H3,(H,21,23). The molecule has 0 unspecified atom stereocenters. The Labute approximate surface area is 153 Å². The molecule has 138 valence electrons. The van der Waals surface area contributed by atoms with E-state index in [-0.39, 0.29) is 17.6 Å². The fraction of sp³-hybridized carbons (Fsp3) is 0.389. The Morgan fingerprint density at radius 1 is 1.19 bits per heavy atom. The normalized spacial score (nSPS) is 16.4. The maximum atomic E-state index is 12.9. The summed E-state index contributed by atoms with van der Waals surface area (Å²) in [5, 5.41) is 2.90. The van der Waals surface area contributed by atoms with Gasteiger partial charge >= 0.3 is 0 Å². The van der Waals surface area contributed by atoms with Crippen molar-refractivity contribution in [3.8, 4) is 0 Å². The average molecular weight is 374 g/mol. The monoisotopic (exact) mass is 374 g/mol. The number of carbonyl (C=O) groups is 1. The van der Waals surface area contributed by atoms with Crippen molar-refractivity contribution in [3.05, 3.63) is 53.6 Å². The first-order valence-corrected chi connectivity index (χ1v) is 9.96. The molecule has 0 radical (unpaired) electrons. The van der Waals surface area contributed by atoms with Gasteiger partial charge in [0.1, 0.15) is 5.69 Å². The fourth-order valence-electron chi connectivity index (χ4n) is 3.04. The lowest BCUT2D eigenvalue weighted by atomic mass is 10.1. The van der Waals surface area contributed by atoms with Crippen LogP contribution >= 0.6 is 0 Å². The molecule has 26 heavy (non-hydrogen) atoms. The van der Waals surface area contributed by atoms with Crippen molar-refractivity contribution in [3.63, 3.8) is 0 Å². The van der Waals surface area contributed by atoms with Crippen molar-refractivity contribution < 1.29 is 13.2 Å². The van der Waals surface area contributed by atoms with Gasteiger partial charge in [-0.05, 0) is 43.9 Å². The highest BCUT2D eigenvalue weighted by Gasteiger charge is 2.31. The molecule has 0 atom stereocenters. The molecule has 1 aromatic heterocycles. The number of carbonyl (C=O) groups excluding carboxylic acids is 1. The average Bonchev–Trinajstić information content (AvgIpc) is 2.65. The molecule has 1 amide bonds. The second kappa shape index (κ2) is 7.51. The van der Waals surface area contributed by atoms with Crippen molar-refractivity contribution in [1.82, 2.24) is 19.6 Å². The molecule has 3 rings (SSSR count). The lowest BCUT2D eigenvalue weighted by Crippen LogP contribution is -2.46. The Kier molecular flexibility index (Phi) is 5.33. The van der Waals surface area contributed by atoms with Gasteiger partial charge in [0.2, 0.25) is 10.0 Å². The molecule has 1 aromatic carbocycles. The van der Waals surface area contributed by atoms with Crippen LogP contribution < -0.4 is 5.32 Å². The number of aryl methyl sites for hydroxylation is 2. The maximum Gasteiger partial charge on any atom is 0.271 e. The minimum atomic E-state index is -3.52. The van der Waals surface area contributed by atoms with Crippen molar-refractivity contribution >= 4 is 15.9 Å². The molecule has 0 bridgehead atoms. The Morgan fingerprint density at radius 2 is 1.92 bits per heavy atom. The molecule has 1 fully saturated rings. The lowest BCUT2D eigenvalue weighted by Gasteiger charge is -2.32. The molecule has 0 saturated carbocycles. The summed E-state index contributed by atoms with van der Waals surface area (Å²) in [6.45, 7) is 4.44. The third-order valence-electron chi connectivity index (χ3n) is 4.55. The van der Waals surface area contributed by atoms with Gasteiger partial charge in [-0.25, -0.2) is 13.4 Å². The van der Waals surface area contributed by atoms with E-state index in [0.717, 1.165) is 11.1 Å². The van der Waals surface area contributed by atoms with Crippen LogP contribution in [0.1, 0.15) is 34.5 Å². The summed E-state index contributed by atoms with van der Waals surface area (Å²) in [7, 11) is -3.52. The third-order valence-corrected chi connectivity index (χ3v) is 6.59. The topological polar surface area (TPSA) is 92.3 Å². The van der Waals surface area contributed by atoms with E-state index in [1.54, 1.807) is 13.0 Å². The number of nitrogens with zero attached hydrogens (tertiary/aromatic N) is 3. The molecule has 1 N–H and O–H groups in total. The van der Waals surface area contributed by atoms with E-state index >= 15 is 0 Å². The zero-order valence-electron chi connectivity index (χ0n) is 14.8. The molecule has 1 aliphatic heterocycles. The summed E-state index contributed by atoms with van der Waals surface area (Å²) < 4.78 is 27.4. The first-order chi connectivity index (χ1) is 12.4. The van der Waals surface area contributed by atoms with Crippen molar-refractivity contribution in [2.24, 2.45) is 0 Å². The number of nitrogens with one attached hydrogen (secondary N) is 1. The summed E-state index contributed by atoms with van der Waals surface area (Å²) in [4.78, 5) is 20.4. The first kappa shape index (κ1) is 18.5. The fourth-order valence-corrected chi connectivity index (χ4v) is 4.82. The summed E-state index contributed by atoms with van der Waals surface area (Å²) in [5.74, 6) is -0.283. The van der Waals surface area contributed by atoms with Gasteiger partial charge < -0.3 is 5.32 Å². The van der Waals surface area contributed by atoms with Crippen LogP contribution in [-0.2, 0) is 10.0 Å². The lowest BCUT2D eigenvalue weighted by molar-refractivity contribution is 0.0918. The predicted molar refractivity (Wildman–Crippen MR) is 97.2 cm³/mol. The molecule has 0 aliphatic carbocycles. The second-order valence-electron chi connectivity index (χ2n) is 6.51. The molecular weight excluding hydrogens is 352 g/mol. The minimum Gasteiger partial charge on any atom is -0.348 e.